The number of amides is 1. The summed E-state index contributed by atoms with van der Waals surface area (Å²) in [5.41, 5.74) is 3.57. The number of halogens is 3. The molecule has 5 nitrogen and oxygen atoms in total. The lowest BCUT2D eigenvalue weighted by Gasteiger charge is -2.31. The molecular weight excluding hydrogens is 515 g/mol. The van der Waals surface area contributed by atoms with Gasteiger partial charge in [-0.2, -0.15) is 0 Å². The van der Waals surface area contributed by atoms with Gasteiger partial charge in [0.1, 0.15) is 5.69 Å². The SMILES string of the molecule is O=C(Cc1cc(Cl)ccc1Cl)N1CCC(c2nc(C3OCc4cccc(Cl)c4CO3)cs2)CC1. The lowest BCUT2D eigenvalue weighted by atomic mass is 9.97. The number of carbonyl (C=O) groups is 1. The second-order valence-electron chi connectivity index (χ2n) is 8.51. The second kappa shape index (κ2) is 10.5. The van der Waals surface area contributed by atoms with Crippen molar-refractivity contribution in [2.75, 3.05) is 13.1 Å². The molecule has 1 aromatic heterocycles. The van der Waals surface area contributed by atoms with Crippen LogP contribution in [-0.4, -0.2) is 28.9 Å². The maximum Gasteiger partial charge on any atom is 0.227 e. The van der Waals surface area contributed by atoms with Crippen LogP contribution in [0.25, 0.3) is 0 Å². The van der Waals surface area contributed by atoms with E-state index in [-0.39, 0.29) is 12.3 Å². The summed E-state index contributed by atoms with van der Waals surface area (Å²) in [6.45, 7) is 2.22. The predicted octanol–water partition coefficient (Wildman–Crippen LogP) is 6.80. The van der Waals surface area contributed by atoms with Crippen LogP contribution in [0.2, 0.25) is 15.1 Å². The van der Waals surface area contributed by atoms with Gasteiger partial charge < -0.3 is 14.4 Å². The van der Waals surface area contributed by atoms with E-state index in [2.05, 4.69) is 0 Å². The highest BCUT2D eigenvalue weighted by Crippen LogP contribution is 2.35. The van der Waals surface area contributed by atoms with Gasteiger partial charge in [0.05, 0.1) is 24.6 Å². The Bertz CT molecular complexity index is 1190. The van der Waals surface area contributed by atoms with E-state index in [1.807, 2.05) is 28.5 Å². The van der Waals surface area contributed by atoms with E-state index in [1.165, 1.54) is 0 Å². The van der Waals surface area contributed by atoms with Crippen LogP contribution < -0.4 is 0 Å². The maximum atomic E-state index is 12.8. The zero-order valence-corrected chi connectivity index (χ0v) is 21.4. The molecule has 178 valence electrons. The standard InChI is InChI=1S/C25H23Cl3N2O3S/c26-18-4-5-20(27)17(10-18)11-23(31)30-8-6-15(7-9-30)24-29-22(14-34-24)25-32-12-16-2-1-3-21(28)19(16)13-33-25/h1-5,10,14-15,25H,6-9,11-13H2. The molecule has 2 aromatic carbocycles. The van der Waals surface area contributed by atoms with E-state index in [4.69, 9.17) is 49.3 Å². The largest absolute Gasteiger partial charge is 0.342 e. The normalized spacial score (nSPS) is 19.0. The van der Waals surface area contributed by atoms with Crippen molar-refractivity contribution in [3.8, 4) is 0 Å². The second-order valence-corrected chi connectivity index (χ2v) is 10.7. The fraction of sp³-hybridized carbons (Fsp3) is 0.360. The molecule has 1 unspecified atom stereocenters. The number of benzene rings is 2. The molecule has 0 bridgehead atoms. The van der Waals surface area contributed by atoms with Gasteiger partial charge in [-0.1, -0.05) is 46.9 Å². The molecule has 1 fully saturated rings. The Morgan fingerprint density at radius 3 is 2.68 bits per heavy atom. The third-order valence-electron chi connectivity index (χ3n) is 6.31. The van der Waals surface area contributed by atoms with Crippen molar-refractivity contribution < 1.29 is 14.3 Å². The number of piperidine rings is 1. The Kier molecular flexibility index (Phi) is 7.44. The van der Waals surface area contributed by atoms with E-state index in [0.29, 0.717) is 47.3 Å². The van der Waals surface area contributed by atoms with Crippen LogP contribution in [0.15, 0.2) is 41.8 Å². The van der Waals surface area contributed by atoms with Crippen molar-refractivity contribution in [1.29, 1.82) is 0 Å². The number of likely N-dealkylation sites (tertiary alicyclic amines) is 1. The molecule has 0 saturated carbocycles. The van der Waals surface area contributed by atoms with Crippen LogP contribution in [0.5, 0.6) is 0 Å². The van der Waals surface area contributed by atoms with E-state index in [9.17, 15) is 4.79 Å². The Morgan fingerprint density at radius 2 is 1.85 bits per heavy atom. The monoisotopic (exact) mass is 536 g/mol. The minimum atomic E-state index is -0.516. The van der Waals surface area contributed by atoms with Crippen LogP contribution in [0.4, 0.5) is 0 Å². The van der Waals surface area contributed by atoms with Crippen LogP contribution in [0.1, 0.15) is 52.4 Å². The number of fused-ring (bicyclic) bond motifs is 1. The van der Waals surface area contributed by atoms with Crippen molar-refractivity contribution in [3.63, 3.8) is 0 Å². The van der Waals surface area contributed by atoms with Crippen LogP contribution in [-0.2, 0) is 33.9 Å². The van der Waals surface area contributed by atoms with Gasteiger partial charge in [-0.15, -0.1) is 11.3 Å². The molecule has 1 amide bonds. The molecule has 9 heteroatoms. The highest BCUT2D eigenvalue weighted by atomic mass is 35.5. The van der Waals surface area contributed by atoms with Gasteiger partial charge in [0.25, 0.3) is 0 Å². The third kappa shape index (κ3) is 5.27. The van der Waals surface area contributed by atoms with Gasteiger partial charge in [-0.3, -0.25) is 4.79 Å². The first-order valence-corrected chi connectivity index (χ1v) is 13.2. The number of hydrogen-bond acceptors (Lipinski definition) is 5. The van der Waals surface area contributed by atoms with Crippen LogP contribution in [0.3, 0.4) is 0 Å². The smallest absolute Gasteiger partial charge is 0.227 e. The molecule has 0 aliphatic carbocycles. The molecule has 34 heavy (non-hydrogen) atoms. The van der Waals surface area contributed by atoms with Crippen molar-refractivity contribution in [2.45, 2.75) is 44.7 Å². The zero-order chi connectivity index (χ0) is 23.7. The summed E-state index contributed by atoms with van der Waals surface area (Å²) in [4.78, 5) is 19.6. The Balaban J connectivity index is 1.17. The first-order chi connectivity index (χ1) is 16.5. The van der Waals surface area contributed by atoms with Crippen LogP contribution >= 0.6 is 46.1 Å². The average Bonchev–Trinajstić information content (AvgIpc) is 3.22. The fourth-order valence-electron chi connectivity index (χ4n) is 4.37. The quantitative estimate of drug-likeness (QED) is 0.367. The first-order valence-electron chi connectivity index (χ1n) is 11.1. The number of aromatic nitrogens is 1. The van der Waals surface area contributed by atoms with Gasteiger partial charge in [-0.05, 0) is 48.2 Å². The first kappa shape index (κ1) is 24.0. The Hall–Kier alpha value is -1.67. The summed E-state index contributed by atoms with van der Waals surface area (Å²) in [6.07, 6.45) is 1.48. The van der Waals surface area contributed by atoms with Crippen LogP contribution in [0, 0.1) is 0 Å². The van der Waals surface area contributed by atoms with Crippen molar-refractivity contribution in [2.24, 2.45) is 0 Å². The van der Waals surface area contributed by atoms with E-state index in [0.717, 1.165) is 40.2 Å². The molecule has 5 rings (SSSR count). The minimum absolute atomic E-state index is 0.0703. The molecule has 1 atom stereocenters. The van der Waals surface area contributed by atoms with Gasteiger partial charge in [-0.25, -0.2) is 4.98 Å². The van der Waals surface area contributed by atoms with E-state index >= 15 is 0 Å². The lowest BCUT2D eigenvalue weighted by Crippen LogP contribution is -2.38. The highest BCUT2D eigenvalue weighted by molar-refractivity contribution is 7.09. The molecule has 0 N–H and O–H groups in total. The maximum absolute atomic E-state index is 12.8. The molecule has 2 aliphatic rings. The zero-order valence-electron chi connectivity index (χ0n) is 18.3. The lowest BCUT2D eigenvalue weighted by molar-refractivity contribution is -0.155. The Morgan fingerprint density at radius 1 is 1.06 bits per heavy atom. The highest BCUT2D eigenvalue weighted by Gasteiger charge is 2.28. The van der Waals surface area contributed by atoms with Gasteiger partial charge >= 0.3 is 0 Å². The molecule has 1 saturated heterocycles. The number of thiazole rings is 1. The number of rotatable bonds is 4. The summed E-state index contributed by atoms with van der Waals surface area (Å²) in [7, 11) is 0. The summed E-state index contributed by atoms with van der Waals surface area (Å²) in [5, 5.41) is 4.91. The fourth-order valence-corrected chi connectivity index (χ4v) is 5.99. The van der Waals surface area contributed by atoms with E-state index in [1.54, 1.807) is 29.5 Å². The topological polar surface area (TPSA) is 51.7 Å². The average molecular weight is 538 g/mol. The summed E-state index contributed by atoms with van der Waals surface area (Å²) < 4.78 is 12.0. The molecule has 3 aromatic rings. The van der Waals surface area contributed by atoms with Gasteiger partial charge in [0.2, 0.25) is 12.2 Å². The van der Waals surface area contributed by atoms with Crippen molar-refractivity contribution >= 4 is 52.0 Å². The molecule has 0 spiro atoms. The molecule has 2 aliphatic heterocycles. The number of nitrogens with zero attached hydrogens (tertiary/aromatic N) is 2. The molecular formula is C25H23Cl3N2O3S. The van der Waals surface area contributed by atoms with Crippen molar-refractivity contribution in [3.05, 3.63) is 84.2 Å². The van der Waals surface area contributed by atoms with Gasteiger partial charge in [0, 0.05) is 45.0 Å². The number of ether oxygens (including phenoxy) is 2. The Labute approximate surface area is 217 Å². The number of carbonyl (C=O) groups excluding carboxylic acids is 1. The third-order valence-corrected chi connectivity index (χ3v) is 8.30. The molecule has 3 heterocycles. The van der Waals surface area contributed by atoms with Crippen molar-refractivity contribution in [1.82, 2.24) is 9.88 Å². The summed E-state index contributed by atoms with van der Waals surface area (Å²) >= 11 is 20.2. The minimum Gasteiger partial charge on any atom is -0.342 e. The predicted molar refractivity (Wildman–Crippen MR) is 135 cm³/mol. The molecule has 0 radical (unpaired) electrons. The van der Waals surface area contributed by atoms with Gasteiger partial charge in [0.15, 0.2) is 0 Å². The van der Waals surface area contributed by atoms with E-state index < -0.39 is 6.29 Å². The summed E-state index contributed by atoms with van der Waals surface area (Å²) in [6, 6.07) is 11.0. The summed E-state index contributed by atoms with van der Waals surface area (Å²) in [5.74, 6) is 0.385. The number of hydrogen-bond donors (Lipinski definition) is 0.